The summed E-state index contributed by atoms with van der Waals surface area (Å²) in [6.07, 6.45) is 3.41. The fourth-order valence-corrected chi connectivity index (χ4v) is 5.89. The van der Waals surface area contributed by atoms with Gasteiger partial charge in [-0.2, -0.15) is 0 Å². The van der Waals surface area contributed by atoms with Crippen LogP contribution >= 0.6 is 23.1 Å². The Morgan fingerprint density at radius 1 is 1.21 bits per heavy atom. The molecule has 1 aliphatic heterocycles. The molecule has 3 aromatic rings. The van der Waals surface area contributed by atoms with E-state index in [4.69, 9.17) is 9.47 Å². The van der Waals surface area contributed by atoms with Crippen molar-refractivity contribution in [2.45, 2.75) is 31.2 Å². The van der Waals surface area contributed by atoms with Crippen LogP contribution in [-0.2, 0) is 17.6 Å². The lowest BCUT2D eigenvalue weighted by molar-refractivity contribution is -0.113. The van der Waals surface area contributed by atoms with Gasteiger partial charge in [-0.25, -0.2) is 9.97 Å². The van der Waals surface area contributed by atoms with E-state index in [0.29, 0.717) is 36.2 Å². The number of thioether (sulfide) groups is 1. The third kappa shape index (κ3) is 3.31. The minimum absolute atomic E-state index is 0.0713. The predicted octanol–water partition coefficient (Wildman–Crippen LogP) is 3.99. The highest BCUT2D eigenvalue weighted by Crippen LogP contribution is 2.40. The van der Waals surface area contributed by atoms with Gasteiger partial charge in [0.15, 0.2) is 11.5 Å². The number of aromatic nitrogens is 2. The smallest absolute Gasteiger partial charge is 0.234 e. The number of nitrogens with zero attached hydrogens (tertiary/aromatic N) is 2. The quantitative estimate of drug-likeness (QED) is 0.515. The van der Waals surface area contributed by atoms with Crippen LogP contribution in [0.2, 0.25) is 0 Å². The third-order valence-electron chi connectivity index (χ3n) is 4.81. The zero-order valence-corrected chi connectivity index (χ0v) is 17.0. The van der Waals surface area contributed by atoms with E-state index in [1.165, 1.54) is 28.6 Å². The standard InChI is InChI=1S/C20H19N3O3S2/c1-11-21-19(18-13-3-2-4-16(13)28-20(18)22-11)27-10-17(24)23-12-5-6-14-15(9-12)26-8-7-25-14/h5-6,9H,2-4,7-8,10H2,1H3,(H,23,24). The SMILES string of the molecule is Cc1nc(SCC(=O)Nc2ccc3c(c2)OCCO3)c2c3c(sc2n1)CCC3. The van der Waals surface area contributed by atoms with Gasteiger partial charge in [0.1, 0.15) is 28.9 Å². The average molecular weight is 414 g/mol. The van der Waals surface area contributed by atoms with Crippen molar-refractivity contribution in [1.29, 1.82) is 0 Å². The molecule has 1 N–H and O–H groups in total. The summed E-state index contributed by atoms with van der Waals surface area (Å²) in [4.78, 5) is 24.2. The normalized spacial score (nSPS) is 14.9. The van der Waals surface area contributed by atoms with Gasteiger partial charge in [-0.05, 0) is 43.9 Å². The molecular weight excluding hydrogens is 394 g/mol. The van der Waals surface area contributed by atoms with Crippen molar-refractivity contribution >= 4 is 44.9 Å². The number of thiophene rings is 1. The van der Waals surface area contributed by atoms with Gasteiger partial charge in [0.25, 0.3) is 0 Å². The lowest BCUT2D eigenvalue weighted by Crippen LogP contribution is -2.17. The Balaban J connectivity index is 1.32. The minimum Gasteiger partial charge on any atom is -0.486 e. The fourth-order valence-electron chi connectivity index (χ4n) is 3.62. The van der Waals surface area contributed by atoms with E-state index in [1.807, 2.05) is 19.1 Å². The Labute approximate surface area is 170 Å². The van der Waals surface area contributed by atoms with Gasteiger partial charge in [0, 0.05) is 22.0 Å². The minimum atomic E-state index is -0.0713. The molecule has 1 amide bonds. The Kier molecular flexibility index (Phi) is 4.60. The number of ether oxygens (including phenoxy) is 2. The van der Waals surface area contributed by atoms with Crippen LogP contribution in [0.4, 0.5) is 5.69 Å². The second-order valence-electron chi connectivity index (χ2n) is 6.81. The highest BCUT2D eigenvalue weighted by molar-refractivity contribution is 8.00. The summed E-state index contributed by atoms with van der Waals surface area (Å²) in [5, 5.41) is 5.00. The molecule has 0 bridgehead atoms. The van der Waals surface area contributed by atoms with E-state index in [1.54, 1.807) is 17.4 Å². The van der Waals surface area contributed by atoms with Crippen molar-refractivity contribution in [3.05, 3.63) is 34.5 Å². The molecule has 1 aromatic carbocycles. The largest absolute Gasteiger partial charge is 0.486 e. The zero-order chi connectivity index (χ0) is 19.1. The molecular formula is C20H19N3O3S2. The molecule has 8 heteroatoms. The van der Waals surface area contributed by atoms with E-state index in [2.05, 4.69) is 15.3 Å². The number of hydrogen-bond acceptors (Lipinski definition) is 7. The van der Waals surface area contributed by atoms with Crippen LogP contribution in [-0.4, -0.2) is 34.8 Å². The Morgan fingerprint density at radius 3 is 2.96 bits per heavy atom. The van der Waals surface area contributed by atoms with E-state index in [0.717, 1.165) is 33.9 Å². The van der Waals surface area contributed by atoms with Crippen LogP contribution in [0.1, 0.15) is 22.7 Å². The molecule has 0 unspecified atom stereocenters. The lowest BCUT2D eigenvalue weighted by Gasteiger charge is -2.19. The van der Waals surface area contributed by atoms with Crippen molar-refractivity contribution in [3.8, 4) is 11.5 Å². The van der Waals surface area contributed by atoms with Crippen LogP contribution in [0.25, 0.3) is 10.2 Å². The van der Waals surface area contributed by atoms with E-state index in [9.17, 15) is 4.79 Å². The molecule has 6 nitrogen and oxygen atoms in total. The zero-order valence-electron chi connectivity index (χ0n) is 15.4. The molecule has 0 radical (unpaired) electrons. The van der Waals surface area contributed by atoms with Crippen molar-refractivity contribution in [2.24, 2.45) is 0 Å². The van der Waals surface area contributed by atoms with Crippen LogP contribution < -0.4 is 14.8 Å². The first-order valence-electron chi connectivity index (χ1n) is 9.28. The van der Waals surface area contributed by atoms with Crippen LogP contribution in [0, 0.1) is 6.92 Å². The Hall–Kier alpha value is -2.32. The maximum absolute atomic E-state index is 12.5. The first kappa shape index (κ1) is 17.8. The summed E-state index contributed by atoms with van der Waals surface area (Å²) in [6, 6.07) is 5.45. The molecule has 0 spiro atoms. The van der Waals surface area contributed by atoms with Crippen LogP contribution in [0.3, 0.4) is 0 Å². The van der Waals surface area contributed by atoms with Gasteiger partial charge in [-0.3, -0.25) is 4.79 Å². The topological polar surface area (TPSA) is 73.3 Å². The van der Waals surface area contributed by atoms with Gasteiger partial charge >= 0.3 is 0 Å². The highest BCUT2D eigenvalue weighted by Gasteiger charge is 2.22. The lowest BCUT2D eigenvalue weighted by atomic mass is 10.2. The maximum Gasteiger partial charge on any atom is 0.234 e. The van der Waals surface area contributed by atoms with Gasteiger partial charge in [0.05, 0.1) is 5.75 Å². The molecule has 0 saturated heterocycles. The van der Waals surface area contributed by atoms with Crippen molar-refractivity contribution in [2.75, 3.05) is 24.3 Å². The molecule has 144 valence electrons. The van der Waals surface area contributed by atoms with Crippen molar-refractivity contribution < 1.29 is 14.3 Å². The van der Waals surface area contributed by atoms with Crippen molar-refractivity contribution in [1.82, 2.24) is 9.97 Å². The fraction of sp³-hybridized carbons (Fsp3) is 0.350. The number of rotatable bonds is 4. The molecule has 0 atom stereocenters. The summed E-state index contributed by atoms with van der Waals surface area (Å²) < 4.78 is 11.1. The van der Waals surface area contributed by atoms with Gasteiger partial charge in [-0.15, -0.1) is 11.3 Å². The number of anilines is 1. The molecule has 0 saturated carbocycles. The van der Waals surface area contributed by atoms with Crippen LogP contribution in [0.15, 0.2) is 23.2 Å². The number of carbonyl (C=O) groups is 1. The molecule has 5 rings (SSSR count). The molecule has 2 aliphatic rings. The third-order valence-corrected chi connectivity index (χ3v) is 6.97. The Morgan fingerprint density at radius 2 is 2.07 bits per heavy atom. The number of hydrogen-bond donors (Lipinski definition) is 1. The summed E-state index contributed by atoms with van der Waals surface area (Å²) in [5.74, 6) is 2.35. The number of amides is 1. The van der Waals surface area contributed by atoms with E-state index >= 15 is 0 Å². The number of nitrogens with one attached hydrogen (secondary N) is 1. The summed E-state index contributed by atoms with van der Waals surface area (Å²) in [5.41, 5.74) is 2.09. The molecule has 1 aliphatic carbocycles. The molecule has 28 heavy (non-hydrogen) atoms. The average Bonchev–Trinajstić information content (AvgIpc) is 3.26. The Bertz CT molecular complexity index is 1080. The van der Waals surface area contributed by atoms with Gasteiger partial charge in [-0.1, -0.05) is 11.8 Å². The molecule has 3 heterocycles. The summed E-state index contributed by atoms with van der Waals surface area (Å²) in [6.45, 7) is 2.98. The van der Waals surface area contributed by atoms with Gasteiger partial charge < -0.3 is 14.8 Å². The number of fused-ring (bicyclic) bond motifs is 4. The number of aryl methyl sites for hydroxylation is 3. The van der Waals surface area contributed by atoms with E-state index in [-0.39, 0.29) is 5.91 Å². The molecule has 2 aromatic heterocycles. The summed E-state index contributed by atoms with van der Waals surface area (Å²) >= 11 is 3.25. The second kappa shape index (κ2) is 7.25. The number of benzene rings is 1. The second-order valence-corrected chi connectivity index (χ2v) is 8.86. The van der Waals surface area contributed by atoms with E-state index < -0.39 is 0 Å². The monoisotopic (exact) mass is 413 g/mol. The van der Waals surface area contributed by atoms with Gasteiger partial charge in [0.2, 0.25) is 5.91 Å². The van der Waals surface area contributed by atoms with Crippen LogP contribution in [0.5, 0.6) is 11.5 Å². The summed E-state index contributed by atoms with van der Waals surface area (Å²) in [7, 11) is 0. The highest BCUT2D eigenvalue weighted by atomic mass is 32.2. The first-order chi connectivity index (χ1) is 13.7. The molecule has 0 fully saturated rings. The predicted molar refractivity (Wildman–Crippen MR) is 111 cm³/mol. The first-order valence-corrected chi connectivity index (χ1v) is 11.1. The van der Waals surface area contributed by atoms with Crippen molar-refractivity contribution in [3.63, 3.8) is 0 Å². The maximum atomic E-state index is 12.5. The number of carbonyl (C=O) groups excluding carboxylic acids is 1.